The second-order valence-electron chi connectivity index (χ2n) is 4.48. The van der Waals surface area contributed by atoms with E-state index in [1.807, 2.05) is 42.6 Å². The minimum atomic E-state index is 0.371. The van der Waals surface area contributed by atoms with Crippen molar-refractivity contribution in [2.24, 2.45) is 4.99 Å². The molecule has 1 unspecified atom stereocenters. The number of isothiocyanates is 1. The monoisotopic (exact) mass is 280 g/mol. The van der Waals surface area contributed by atoms with Gasteiger partial charge in [-0.25, -0.2) is 0 Å². The first kappa shape index (κ1) is 14.3. The van der Waals surface area contributed by atoms with Crippen LogP contribution in [0.1, 0.15) is 24.8 Å². The maximum atomic E-state index is 4.58. The summed E-state index contributed by atoms with van der Waals surface area (Å²) in [5.74, 6) is 0.371. The van der Waals surface area contributed by atoms with Gasteiger partial charge in [0.05, 0.1) is 16.5 Å². The van der Waals surface area contributed by atoms with Crippen LogP contribution < -0.4 is 0 Å². The molecule has 2 nitrogen and oxygen atoms in total. The van der Waals surface area contributed by atoms with E-state index in [1.165, 1.54) is 5.56 Å². The van der Waals surface area contributed by atoms with Crippen LogP contribution in [0.2, 0.25) is 0 Å². The molecule has 0 radical (unpaired) electrons. The number of thiocarbonyl (C=S) groups is 1. The van der Waals surface area contributed by atoms with E-state index in [-0.39, 0.29) is 0 Å². The van der Waals surface area contributed by atoms with Gasteiger partial charge in [0.2, 0.25) is 0 Å². The third-order valence-electron chi connectivity index (χ3n) is 3.28. The molecule has 0 fully saturated rings. The van der Waals surface area contributed by atoms with Crippen molar-refractivity contribution in [3.05, 3.63) is 60.8 Å². The van der Waals surface area contributed by atoms with Crippen molar-refractivity contribution in [3.8, 4) is 11.3 Å². The van der Waals surface area contributed by atoms with Gasteiger partial charge < -0.3 is 0 Å². The number of hydrogen-bond acceptors (Lipinski definition) is 3. The van der Waals surface area contributed by atoms with Crippen LogP contribution in [-0.4, -0.2) is 10.1 Å². The van der Waals surface area contributed by atoms with Crippen LogP contribution in [-0.2, 0) is 0 Å². The molecule has 0 N–H and O–H groups in total. The molecule has 0 saturated carbocycles. The fourth-order valence-electron chi connectivity index (χ4n) is 2.09. The second-order valence-corrected chi connectivity index (χ2v) is 4.66. The van der Waals surface area contributed by atoms with Crippen LogP contribution in [0.5, 0.6) is 0 Å². The summed E-state index contributed by atoms with van der Waals surface area (Å²) >= 11 is 4.58. The van der Waals surface area contributed by atoms with Crippen molar-refractivity contribution in [3.63, 3.8) is 0 Å². The van der Waals surface area contributed by atoms with E-state index in [9.17, 15) is 0 Å². The van der Waals surface area contributed by atoms with Crippen LogP contribution in [0.15, 0.2) is 60.2 Å². The Labute approximate surface area is 124 Å². The number of aliphatic imine (C=N–C) groups is 1. The molecule has 100 valence electrons. The molecule has 3 heteroatoms. The third kappa shape index (κ3) is 3.27. The maximum absolute atomic E-state index is 4.58. The summed E-state index contributed by atoms with van der Waals surface area (Å²) in [6, 6.07) is 11.9. The zero-order chi connectivity index (χ0) is 14.4. The van der Waals surface area contributed by atoms with Gasteiger partial charge in [0.25, 0.3) is 0 Å². The fraction of sp³-hybridized carbons (Fsp3) is 0.176. The summed E-state index contributed by atoms with van der Waals surface area (Å²) in [5, 5.41) is 2.36. The highest BCUT2D eigenvalue weighted by Crippen LogP contribution is 2.24. The molecule has 0 aliphatic carbocycles. The number of rotatable bonds is 5. The lowest BCUT2D eigenvalue weighted by molar-refractivity contribution is 0.802. The molecule has 0 aliphatic rings. The zero-order valence-corrected chi connectivity index (χ0v) is 12.2. The highest BCUT2D eigenvalue weighted by atomic mass is 32.1. The lowest BCUT2D eigenvalue weighted by atomic mass is 9.98. The number of hydrogen-bond donors (Lipinski definition) is 0. The minimum absolute atomic E-state index is 0.371. The van der Waals surface area contributed by atoms with Crippen molar-refractivity contribution in [1.29, 1.82) is 0 Å². The van der Waals surface area contributed by atoms with Gasteiger partial charge in [0, 0.05) is 17.7 Å². The van der Waals surface area contributed by atoms with Crippen molar-refractivity contribution >= 4 is 23.1 Å². The van der Waals surface area contributed by atoms with Gasteiger partial charge in [0.1, 0.15) is 0 Å². The largest absolute Gasteiger partial charge is 0.256 e. The Morgan fingerprint density at radius 1 is 1.30 bits per heavy atom. The summed E-state index contributed by atoms with van der Waals surface area (Å²) in [4.78, 5) is 8.46. The number of benzene rings is 1. The molecular formula is C17H16N2S. The molecule has 2 rings (SSSR count). The van der Waals surface area contributed by atoms with Gasteiger partial charge in [0.15, 0.2) is 0 Å². The van der Waals surface area contributed by atoms with Crippen LogP contribution in [0.25, 0.3) is 11.3 Å². The van der Waals surface area contributed by atoms with E-state index in [2.05, 4.69) is 46.9 Å². The molecule has 20 heavy (non-hydrogen) atoms. The number of nitrogens with zero attached hydrogens (tertiary/aromatic N) is 2. The van der Waals surface area contributed by atoms with E-state index in [1.54, 1.807) is 0 Å². The summed E-state index contributed by atoms with van der Waals surface area (Å²) in [7, 11) is 0. The van der Waals surface area contributed by atoms with Gasteiger partial charge in [-0.15, -0.1) is 6.58 Å². The van der Waals surface area contributed by atoms with Gasteiger partial charge in [-0.1, -0.05) is 31.2 Å². The SMILES string of the molecule is C=CC(CC)c1ccc(-c2ccc(N=C=S)cc2)nc1. The van der Waals surface area contributed by atoms with Crippen molar-refractivity contribution in [2.45, 2.75) is 19.3 Å². The van der Waals surface area contributed by atoms with E-state index in [4.69, 9.17) is 0 Å². The summed E-state index contributed by atoms with van der Waals surface area (Å²) in [6.07, 6.45) is 4.93. The molecular weight excluding hydrogens is 264 g/mol. The Bertz CT molecular complexity index is 623. The standard InChI is InChI=1S/C17H16N2S/c1-3-13(4-2)15-7-10-17(18-11-15)14-5-8-16(9-6-14)19-12-20/h3,5-11,13H,1,4H2,2H3. The van der Waals surface area contributed by atoms with Gasteiger partial charge >= 0.3 is 0 Å². The molecule has 1 atom stereocenters. The lowest BCUT2D eigenvalue weighted by Gasteiger charge is -2.10. The molecule has 1 heterocycles. The Hall–Kier alpha value is -2.09. The smallest absolute Gasteiger partial charge is 0.0740 e. The number of aromatic nitrogens is 1. The zero-order valence-electron chi connectivity index (χ0n) is 11.4. The molecule has 0 amide bonds. The predicted octanol–water partition coefficient (Wildman–Crippen LogP) is 5.16. The molecule has 0 saturated heterocycles. The Balaban J connectivity index is 2.25. The van der Waals surface area contributed by atoms with E-state index < -0.39 is 0 Å². The van der Waals surface area contributed by atoms with Crippen LogP contribution in [0.3, 0.4) is 0 Å². The molecule has 0 aliphatic heterocycles. The van der Waals surface area contributed by atoms with Crippen molar-refractivity contribution in [2.75, 3.05) is 0 Å². The molecule has 1 aromatic carbocycles. The van der Waals surface area contributed by atoms with E-state index in [0.717, 1.165) is 23.4 Å². The lowest BCUT2D eigenvalue weighted by Crippen LogP contribution is -1.94. The average molecular weight is 280 g/mol. The Morgan fingerprint density at radius 2 is 2.05 bits per heavy atom. The van der Waals surface area contributed by atoms with E-state index in [0.29, 0.717) is 5.92 Å². The molecule has 2 aromatic rings. The first-order chi connectivity index (χ1) is 9.78. The van der Waals surface area contributed by atoms with Gasteiger partial charge in [-0.2, -0.15) is 4.99 Å². The molecule has 0 bridgehead atoms. The number of pyridine rings is 1. The summed E-state index contributed by atoms with van der Waals surface area (Å²) in [6.45, 7) is 6.01. The summed E-state index contributed by atoms with van der Waals surface area (Å²) in [5.41, 5.74) is 4.02. The predicted molar refractivity (Wildman–Crippen MR) is 87.6 cm³/mol. The van der Waals surface area contributed by atoms with Crippen LogP contribution in [0.4, 0.5) is 5.69 Å². The Morgan fingerprint density at radius 3 is 2.55 bits per heavy atom. The highest BCUT2D eigenvalue weighted by Gasteiger charge is 2.06. The van der Waals surface area contributed by atoms with Crippen molar-refractivity contribution in [1.82, 2.24) is 4.98 Å². The fourth-order valence-corrected chi connectivity index (χ4v) is 2.20. The summed E-state index contributed by atoms with van der Waals surface area (Å²) < 4.78 is 0. The highest BCUT2D eigenvalue weighted by molar-refractivity contribution is 7.78. The van der Waals surface area contributed by atoms with E-state index >= 15 is 0 Å². The second kappa shape index (κ2) is 6.90. The quantitative estimate of drug-likeness (QED) is 0.429. The molecule has 1 aromatic heterocycles. The first-order valence-electron chi connectivity index (χ1n) is 6.55. The number of allylic oxidation sites excluding steroid dienone is 1. The van der Waals surface area contributed by atoms with Crippen molar-refractivity contribution < 1.29 is 0 Å². The third-order valence-corrected chi connectivity index (χ3v) is 3.37. The van der Waals surface area contributed by atoms with Gasteiger partial charge in [-0.05, 0) is 42.4 Å². The normalized spacial score (nSPS) is 11.4. The Kier molecular flexibility index (Phi) is 4.94. The van der Waals surface area contributed by atoms with Crippen LogP contribution in [0, 0.1) is 0 Å². The first-order valence-corrected chi connectivity index (χ1v) is 6.96. The maximum Gasteiger partial charge on any atom is 0.0740 e. The molecule has 0 spiro atoms. The van der Waals surface area contributed by atoms with Crippen LogP contribution >= 0.6 is 12.2 Å². The topological polar surface area (TPSA) is 25.2 Å². The minimum Gasteiger partial charge on any atom is -0.256 e. The average Bonchev–Trinajstić information content (AvgIpc) is 2.50. The van der Waals surface area contributed by atoms with Gasteiger partial charge in [-0.3, -0.25) is 4.98 Å².